The number of aliphatic hydroxyl groups is 1. The predicted octanol–water partition coefficient (Wildman–Crippen LogP) is 1.98. The number of nitro benzene ring substituents is 1. The fraction of sp³-hybridized carbons (Fsp3) is 0.167. The molecule has 0 aliphatic carbocycles. The number of aliphatic hydroxyl groups excluding tert-OH is 1. The fourth-order valence-electron chi connectivity index (χ4n) is 1.52. The van der Waals surface area contributed by atoms with Crippen molar-refractivity contribution in [2.45, 2.75) is 13.5 Å². The lowest BCUT2D eigenvalue weighted by molar-refractivity contribution is -0.386. The minimum absolute atomic E-state index is 0.00843. The summed E-state index contributed by atoms with van der Waals surface area (Å²) in [5.41, 5.74) is 0.915. The van der Waals surface area contributed by atoms with Crippen LogP contribution >= 0.6 is 0 Å². The molecule has 19 heavy (non-hydrogen) atoms. The van der Waals surface area contributed by atoms with Gasteiger partial charge in [-0.3, -0.25) is 10.1 Å². The zero-order valence-corrected chi connectivity index (χ0v) is 10.1. The van der Waals surface area contributed by atoms with Gasteiger partial charge in [-0.25, -0.2) is 9.97 Å². The van der Waals surface area contributed by atoms with Gasteiger partial charge in [0.25, 0.3) is 0 Å². The molecule has 0 unspecified atom stereocenters. The number of benzene rings is 1. The van der Waals surface area contributed by atoms with E-state index in [1.54, 1.807) is 19.1 Å². The first-order chi connectivity index (χ1) is 9.11. The molecule has 0 radical (unpaired) electrons. The second kappa shape index (κ2) is 5.40. The molecule has 0 amide bonds. The number of ether oxygens (including phenoxy) is 1. The Morgan fingerprint density at radius 2 is 2.05 bits per heavy atom. The number of nitrogens with zero attached hydrogens (tertiary/aromatic N) is 3. The molecule has 0 saturated heterocycles. The SMILES string of the molecule is Cc1cccc(Oc2ncc(CO)cn2)c1[N+](=O)[O-]. The number of hydrogen-bond donors (Lipinski definition) is 1. The Kier molecular flexibility index (Phi) is 3.67. The summed E-state index contributed by atoms with van der Waals surface area (Å²) in [5.74, 6) is 0.0850. The molecule has 0 saturated carbocycles. The molecule has 2 rings (SSSR count). The smallest absolute Gasteiger partial charge is 0.322 e. The van der Waals surface area contributed by atoms with Crippen LogP contribution in [0.15, 0.2) is 30.6 Å². The predicted molar refractivity (Wildman–Crippen MR) is 65.9 cm³/mol. The van der Waals surface area contributed by atoms with Crippen LogP contribution in [0.1, 0.15) is 11.1 Å². The quantitative estimate of drug-likeness (QED) is 0.667. The van der Waals surface area contributed by atoms with Crippen molar-refractivity contribution in [3.05, 3.63) is 51.8 Å². The highest BCUT2D eigenvalue weighted by molar-refractivity contribution is 5.52. The van der Waals surface area contributed by atoms with Crippen LogP contribution in [0, 0.1) is 17.0 Å². The van der Waals surface area contributed by atoms with Crippen LogP contribution in [0.5, 0.6) is 11.8 Å². The molecular weight excluding hydrogens is 250 g/mol. The average Bonchev–Trinajstić information content (AvgIpc) is 2.39. The van der Waals surface area contributed by atoms with Crippen LogP contribution in [0.3, 0.4) is 0 Å². The molecule has 98 valence electrons. The van der Waals surface area contributed by atoms with Gasteiger partial charge in [-0.05, 0) is 13.0 Å². The Labute approximate surface area is 108 Å². The Hall–Kier alpha value is -2.54. The van der Waals surface area contributed by atoms with Gasteiger partial charge in [0.2, 0.25) is 5.75 Å². The van der Waals surface area contributed by atoms with Crippen molar-refractivity contribution in [1.29, 1.82) is 0 Å². The molecule has 1 heterocycles. The summed E-state index contributed by atoms with van der Waals surface area (Å²) in [6.07, 6.45) is 2.79. The van der Waals surface area contributed by atoms with Gasteiger partial charge < -0.3 is 9.84 Å². The molecule has 0 aliphatic rings. The molecule has 2 aromatic rings. The first-order valence-electron chi connectivity index (χ1n) is 5.45. The van der Waals surface area contributed by atoms with E-state index in [4.69, 9.17) is 9.84 Å². The molecule has 7 nitrogen and oxygen atoms in total. The Morgan fingerprint density at radius 3 is 2.63 bits per heavy atom. The largest absolute Gasteiger partial charge is 0.417 e. The van der Waals surface area contributed by atoms with E-state index in [1.807, 2.05) is 0 Å². The van der Waals surface area contributed by atoms with Crippen LogP contribution in [0.4, 0.5) is 5.69 Å². The van der Waals surface area contributed by atoms with Gasteiger partial charge >= 0.3 is 11.7 Å². The lowest BCUT2D eigenvalue weighted by atomic mass is 10.2. The Bertz CT molecular complexity index is 598. The van der Waals surface area contributed by atoms with E-state index in [0.29, 0.717) is 11.1 Å². The maximum atomic E-state index is 11.0. The monoisotopic (exact) mass is 261 g/mol. The third-order valence-electron chi connectivity index (χ3n) is 2.45. The van der Waals surface area contributed by atoms with E-state index >= 15 is 0 Å². The average molecular weight is 261 g/mol. The standard InChI is InChI=1S/C12H11N3O4/c1-8-3-2-4-10(11(8)15(17)18)19-12-13-5-9(7-16)6-14-12/h2-6,16H,7H2,1H3. The van der Waals surface area contributed by atoms with E-state index in [0.717, 1.165) is 0 Å². The Balaban J connectivity index is 2.32. The lowest BCUT2D eigenvalue weighted by Crippen LogP contribution is -1.98. The molecular formula is C12H11N3O4. The van der Waals surface area contributed by atoms with Crippen LogP contribution in [0.2, 0.25) is 0 Å². The van der Waals surface area contributed by atoms with E-state index in [2.05, 4.69) is 9.97 Å². The zero-order valence-electron chi connectivity index (χ0n) is 10.1. The van der Waals surface area contributed by atoms with E-state index < -0.39 is 4.92 Å². The summed E-state index contributed by atoms with van der Waals surface area (Å²) in [4.78, 5) is 18.2. The highest BCUT2D eigenvalue weighted by Crippen LogP contribution is 2.32. The van der Waals surface area contributed by atoms with E-state index in [-0.39, 0.29) is 24.1 Å². The normalized spacial score (nSPS) is 10.2. The Morgan fingerprint density at radius 1 is 1.37 bits per heavy atom. The van der Waals surface area contributed by atoms with Gasteiger partial charge in [0.05, 0.1) is 11.5 Å². The van der Waals surface area contributed by atoms with Gasteiger partial charge in [-0.15, -0.1) is 0 Å². The molecule has 1 aromatic heterocycles. The number of hydrogen-bond acceptors (Lipinski definition) is 6. The minimum atomic E-state index is -0.507. The third-order valence-corrected chi connectivity index (χ3v) is 2.45. The van der Waals surface area contributed by atoms with E-state index in [1.165, 1.54) is 18.5 Å². The van der Waals surface area contributed by atoms with Crippen molar-refractivity contribution in [1.82, 2.24) is 9.97 Å². The number of aromatic nitrogens is 2. The summed E-state index contributed by atoms with van der Waals surface area (Å²) in [6, 6.07) is 4.75. The van der Waals surface area contributed by atoms with Crippen molar-refractivity contribution in [3.63, 3.8) is 0 Å². The van der Waals surface area contributed by atoms with Gasteiger partial charge in [0.1, 0.15) is 0 Å². The molecule has 0 fully saturated rings. The number of nitro groups is 1. The van der Waals surface area contributed by atoms with Gasteiger partial charge in [-0.1, -0.05) is 12.1 Å². The zero-order chi connectivity index (χ0) is 13.8. The number of rotatable bonds is 4. The number of para-hydroxylation sites is 1. The molecule has 0 atom stereocenters. The second-order valence-electron chi connectivity index (χ2n) is 3.81. The van der Waals surface area contributed by atoms with Crippen molar-refractivity contribution >= 4 is 5.69 Å². The third kappa shape index (κ3) is 2.83. The first kappa shape index (κ1) is 12.9. The first-order valence-corrected chi connectivity index (χ1v) is 5.45. The van der Waals surface area contributed by atoms with Gasteiger partial charge in [-0.2, -0.15) is 0 Å². The second-order valence-corrected chi connectivity index (χ2v) is 3.81. The molecule has 0 bridgehead atoms. The van der Waals surface area contributed by atoms with Crippen molar-refractivity contribution in [2.24, 2.45) is 0 Å². The summed E-state index contributed by atoms with van der Waals surface area (Å²) in [7, 11) is 0. The topological polar surface area (TPSA) is 98.4 Å². The highest BCUT2D eigenvalue weighted by atomic mass is 16.6. The van der Waals surface area contributed by atoms with Crippen molar-refractivity contribution in [2.75, 3.05) is 0 Å². The van der Waals surface area contributed by atoms with Crippen LogP contribution in [-0.4, -0.2) is 20.0 Å². The van der Waals surface area contributed by atoms with Crippen LogP contribution < -0.4 is 4.74 Å². The van der Waals surface area contributed by atoms with E-state index in [9.17, 15) is 10.1 Å². The summed E-state index contributed by atoms with van der Waals surface area (Å²) < 4.78 is 5.31. The summed E-state index contributed by atoms with van der Waals surface area (Å²) >= 11 is 0. The molecule has 0 spiro atoms. The lowest BCUT2D eigenvalue weighted by Gasteiger charge is -2.06. The summed E-state index contributed by atoms with van der Waals surface area (Å²) in [5, 5.41) is 19.8. The van der Waals surface area contributed by atoms with Gasteiger partial charge in [0.15, 0.2) is 0 Å². The van der Waals surface area contributed by atoms with Crippen molar-refractivity contribution in [3.8, 4) is 11.8 Å². The van der Waals surface area contributed by atoms with Crippen LogP contribution in [0.25, 0.3) is 0 Å². The number of aryl methyl sites for hydroxylation is 1. The van der Waals surface area contributed by atoms with Crippen LogP contribution in [-0.2, 0) is 6.61 Å². The summed E-state index contributed by atoms with van der Waals surface area (Å²) in [6.45, 7) is 1.45. The minimum Gasteiger partial charge on any atom is -0.417 e. The fourth-order valence-corrected chi connectivity index (χ4v) is 1.52. The molecule has 7 heteroatoms. The molecule has 1 N–H and O–H groups in total. The van der Waals surface area contributed by atoms with Crippen molar-refractivity contribution < 1.29 is 14.8 Å². The van der Waals surface area contributed by atoms with Gasteiger partial charge in [0, 0.05) is 23.5 Å². The maximum Gasteiger partial charge on any atom is 0.322 e. The molecule has 1 aromatic carbocycles. The molecule has 0 aliphatic heterocycles. The highest BCUT2D eigenvalue weighted by Gasteiger charge is 2.19. The maximum absolute atomic E-state index is 11.0.